The SMILES string of the molecule is Cc1cccc(C)c1OCC(=O)NC(C)c1ccccc1Cl. The maximum absolute atomic E-state index is 12.1. The molecule has 0 heterocycles. The quantitative estimate of drug-likeness (QED) is 0.897. The number of hydrogen-bond acceptors (Lipinski definition) is 2. The second kappa shape index (κ2) is 7.32. The Morgan fingerprint density at radius 1 is 1.14 bits per heavy atom. The molecule has 0 saturated carbocycles. The van der Waals surface area contributed by atoms with E-state index in [0.29, 0.717) is 5.02 Å². The van der Waals surface area contributed by atoms with Crippen LogP contribution in [-0.2, 0) is 4.79 Å². The Balaban J connectivity index is 1.95. The van der Waals surface area contributed by atoms with Gasteiger partial charge in [-0.05, 0) is 43.5 Å². The highest BCUT2D eigenvalue weighted by Gasteiger charge is 2.13. The lowest BCUT2D eigenvalue weighted by atomic mass is 10.1. The zero-order chi connectivity index (χ0) is 16.1. The van der Waals surface area contributed by atoms with Crippen molar-refractivity contribution in [1.82, 2.24) is 5.32 Å². The standard InChI is InChI=1S/C18H20ClNO2/c1-12-7-6-8-13(2)18(12)22-11-17(21)20-14(3)15-9-4-5-10-16(15)19/h4-10,14H,11H2,1-3H3,(H,20,21). The molecule has 0 aliphatic rings. The molecular formula is C18H20ClNO2. The Hall–Kier alpha value is -2.00. The molecule has 1 unspecified atom stereocenters. The van der Waals surface area contributed by atoms with E-state index < -0.39 is 0 Å². The topological polar surface area (TPSA) is 38.3 Å². The highest BCUT2D eigenvalue weighted by Crippen LogP contribution is 2.23. The van der Waals surface area contributed by atoms with Crippen LogP contribution < -0.4 is 10.1 Å². The number of ether oxygens (including phenoxy) is 1. The van der Waals surface area contributed by atoms with Gasteiger partial charge in [-0.15, -0.1) is 0 Å². The summed E-state index contributed by atoms with van der Waals surface area (Å²) in [7, 11) is 0. The molecule has 0 aromatic heterocycles. The van der Waals surface area contributed by atoms with E-state index in [1.54, 1.807) is 0 Å². The van der Waals surface area contributed by atoms with Gasteiger partial charge >= 0.3 is 0 Å². The summed E-state index contributed by atoms with van der Waals surface area (Å²) in [6.45, 7) is 5.82. The minimum atomic E-state index is -0.171. The second-order valence-corrected chi connectivity index (χ2v) is 5.73. The molecular weight excluding hydrogens is 298 g/mol. The van der Waals surface area contributed by atoms with Crippen molar-refractivity contribution in [3.05, 3.63) is 64.2 Å². The van der Waals surface area contributed by atoms with Crippen LogP contribution in [0.25, 0.3) is 0 Å². The van der Waals surface area contributed by atoms with Crippen molar-refractivity contribution < 1.29 is 9.53 Å². The van der Waals surface area contributed by atoms with Crippen molar-refractivity contribution >= 4 is 17.5 Å². The summed E-state index contributed by atoms with van der Waals surface area (Å²) < 4.78 is 5.65. The molecule has 3 nitrogen and oxygen atoms in total. The summed E-state index contributed by atoms with van der Waals surface area (Å²) in [6.07, 6.45) is 0. The van der Waals surface area contributed by atoms with Gasteiger partial charge in [0.2, 0.25) is 0 Å². The molecule has 2 rings (SSSR count). The molecule has 1 N–H and O–H groups in total. The van der Waals surface area contributed by atoms with Crippen LogP contribution >= 0.6 is 11.6 Å². The van der Waals surface area contributed by atoms with Gasteiger partial charge in [-0.25, -0.2) is 0 Å². The summed E-state index contributed by atoms with van der Waals surface area (Å²) >= 11 is 6.13. The molecule has 0 aliphatic carbocycles. The Kier molecular flexibility index (Phi) is 5.45. The first-order chi connectivity index (χ1) is 10.5. The number of carbonyl (C=O) groups is 1. The number of nitrogens with one attached hydrogen (secondary N) is 1. The van der Waals surface area contributed by atoms with Gasteiger partial charge in [0.1, 0.15) is 5.75 Å². The molecule has 22 heavy (non-hydrogen) atoms. The van der Waals surface area contributed by atoms with Crippen LogP contribution in [0.15, 0.2) is 42.5 Å². The van der Waals surface area contributed by atoms with Crippen molar-refractivity contribution in [1.29, 1.82) is 0 Å². The van der Waals surface area contributed by atoms with Gasteiger partial charge in [-0.1, -0.05) is 48.0 Å². The molecule has 0 fully saturated rings. The van der Waals surface area contributed by atoms with Crippen LogP contribution in [0.2, 0.25) is 5.02 Å². The lowest BCUT2D eigenvalue weighted by Crippen LogP contribution is -2.31. The Morgan fingerprint density at radius 3 is 2.41 bits per heavy atom. The van der Waals surface area contributed by atoms with Gasteiger partial charge in [0.25, 0.3) is 5.91 Å². The molecule has 2 aromatic rings. The van der Waals surface area contributed by atoms with Crippen molar-refractivity contribution in [2.75, 3.05) is 6.61 Å². The third-order valence-corrected chi connectivity index (χ3v) is 3.85. The summed E-state index contributed by atoms with van der Waals surface area (Å²) in [6, 6.07) is 13.2. The minimum absolute atomic E-state index is 0.0134. The third kappa shape index (κ3) is 4.01. The molecule has 4 heteroatoms. The van der Waals surface area contributed by atoms with Crippen molar-refractivity contribution in [2.45, 2.75) is 26.8 Å². The molecule has 0 radical (unpaired) electrons. The lowest BCUT2D eigenvalue weighted by Gasteiger charge is -2.17. The fraction of sp³-hybridized carbons (Fsp3) is 0.278. The van der Waals surface area contributed by atoms with Gasteiger partial charge in [-0.3, -0.25) is 4.79 Å². The molecule has 0 spiro atoms. The van der Waals surface area contributed by atoms with E-state index in [2.05, 4.69) is 5.32 Å². The highest BCUT2D eigenvalue weighted by atomic mass is 35.5. The summed E-state index contributed by atoms with van der Waals surface area (Å²) in [5, 5.41) is 3.54. The first kappa shape index (κ1) is 16.4. The van der Waals surface area contributed by atoms with Crippen LogP contribution in [0, 0.1) is 13.8 Å². The van der Waals surface area contributed by atoms with Crippen molar-refractivity contribution in [3.8, 4) is 5.75 Å². The molecule has 2 aromatic carbocycles. The van der Waals surface area contributed by atoms with Crippen LogP contribution in [0.5, 0.6) is 5.75 Å². The van der Waals surface area contributed by atoms with Crippen LogP contribution in [-0.4, -0.2) is 12.5 Å². The van der Waals surface area contributed by atoms with Gasteiger partial charge in [0.05, 0.1) is 6.04 Å². The van der Waals surface area contributed by atoms with Gasteiger partial charge in [0.15, 0.2) is 6.61 Å². The van der Waals surface area contributed by atoms with E-state index in [4.69, 9.17) is 16.3 Å². The Bertz CT molecular complexity index is 650. The molecule has 1 amide bonds. The normalized spacial score (nSPS) is 11.8. The molecule has 0 bridgehead atoms. The molecule has 0 saturated heterocycles. The number of benzene rings is 2. The van der Waals surface area contributed by atoms with E-state index in [9.17, 15) is 4.79 Å². The predicted octanol–water partition coefficient (Wildman–Crippen LogP) is 4.21. The monoisotopic (exact) mass is 317 g/mol. The number of amides is 1. The average molecular weight is 318 g/mol. The largest absolute Gasteiger partial charge is 0.483 e. The van der Waals surface area contributed by atoms with E-state index >= 15 is 0 Å². The highest BCUT2D eigenvalue weighted by molar-refractivity contribution is 6.31. The number of halogens is 1. The number of aryl methyl sites for hydroxylation is 2. The van der Waals surface area contributed by atoms with Gasteiger partial charge < -0.3 is 10.1 Å². The number of rotatable bonds is 5. The second-order valence-electron chi connectivity index (χ2n) is 5.32. The maximum Gasteiger partial charge on any atom is 0.258 e. The Morgan fingerprint density at radius 2 is 1.77 bits per heavy atom. The fourth-order valence-electron chi connectivity index (χ4n) is 2.35. The minimum Gasteiger partial charge on any atom is -0.483 e. The molecule has 116 valence electrons. The first-order valence-corrected chi connectivity index (χ1v) is 7.59. The number of carbonyl (C=O) groups excluding carboxylic acids is 1. The lowest BCUT2D eigenvalue weighted by molar-refractivity contribution is -0.123. The predicted molar refractivity (Wildman–Crippen MR) is 89.4 cm³/mol. The van der Waals surface area contributed by atoms with E-state index in [1.165, 1.54) is 0 Å². The van der Waals surface area contributed by atoms with E-state index in [-0.39, 0.29) is 18.6 Å². The van der Waals surface area contributed by atoms with E-state index in [1.807, 2.05) is 63.2 Å². The summed E-state index contributed by atoms with van der Waals surface area (Å²) in [5.41, 5.74) is 2.93. The zero-order valence-electron chi connectivity index (χ0n) is 13.0. The van der Waals surface area contributed by atoms with Crippen molar-refractivity contribution in [3.63, 3.8) is 0 Å². The van der Waals surface area contributed by atoms with Crippen LogP contribution in [0.4, 0.5) is 0 Å². The van der Waals surface area contributed by atoms with E-state index in [0.717, 1.165) is 22.4 Å². The third-order valence-electron chi connectivity index (χ3n) is 3.51. The molecule has 1 atom stereocenters. The number of hydrogen-bond donors (Lipinski definition) is 1. The van der Waals surface area contributed by atoms with Gasteiger partial charge in [-0.2, -0.15) is 0 Å². The summed E-state index contributed by atoms with van der Waals surface area (Å²) in [4.78, 5) is 12.1. The fourth-order valence-corrected chi connectivity index (χ4v) is 2.65. The zero-order valence-corrected chi connectivity index (χ0v) is 13.8. The summed E-state index contributed by atoms with van der Waals surface area (Å²) in [5.74, 6) is 0.595. The average Bonchev–Trinajstić information content (AvgIpc) is 2.47. The van der Waals surface area contributed by atoms with Crippen LogP contribution in [0.3, 0.4) is 0 Å². The van der Waals surface area contributed by atoms with Gasteiger partial charge in [0, 0.05) is 5.02 Å². The first-order valence-electron chi connectivity index (χ1n) is 7.22. The van der Waals surface area contributed by atoms with Crippen LogP contribution in [0.1, 0.15) is 29.7 Å². The smallest absolute Gasteiger partial charge is 0.258 e. The molecule has 0 aliphatic heterocycles. The maximum atomic E-state index is 12.1. The number of para-hydroxylation sites is 1. The Labute approximate surface area is 136 Å². The van der Waals surface area contributed by atoms with Crippen molar-refractivity contribution in [2.24, 2.45) is 0 Å².